The van der Waals surface area contributed by atoms with Crippen molar-refractivity contribution in [2.45, 2.75) is 18.6 Å². The van der Waals surface area contributed by atoms with Crippen LogP contribution in [-0.4, -0.2) is 35.0 Å². The van der Waals surface area contributed by atoms with Gasteiger partial charge in [0, 0.05) is 24.5 Å². The van der Waals surface area contributed by atoms with Crippen molar-refractivity contribution < 1.29 is 17.9 Å². The highest BCUT2D eigenvalue weighted by Gasteiger charge is 2.36. The van der Waals surface area contributed by atoms with Gasteiger partial charge in [0.1, 0.15) is 0 Å². The zero-order valence-electron chi connectivity index (χ0n) is 8.92. The van der Waals surface area contributed by atoms with Crippen molar-refractivity contribution in [2.24, 2.45) is 0 Å². The first-order valence-electron chi connectivity index (χ1n) is 4.69. The van der Waals surface area contributed by atoms with Crippen LogP contribution in [0.1, 0.15) is 12.2 Å². The molecule has 0 bridgehead atoms. The molecule has 1 atom stereocenters. The quantitative estimate of drug-likeness (QED) is 0.818. The third-order valence-corrected chi connectivity index (χ3v) is 2.70. The molecule has 0 saturated heterocycles. The summed E-state index contributed by atoms with van der Waals surface area (Å²) in [5.74, 6) is -0.751. The van der Waals surface area contributed by atoms with Crippen LogP contribution in [0.4, 0.5) is 18.3 Å². The van der Waals surface area contributed by atoms with Gasteiger partial charge in [0.15, 0.2) is 0 Å². The van der Waals surface area contributed by atoms with E-state index in [4.69, 9.17) is 16.3 Å². The van der Waals surface area contributed by atoms with Gasteiger partial charge in [0.25, 0.3) is 0 Å². The van der Waals surface area contributed by atoms with Crippen LogP contribution in [0.5, 0.6) is 0 Å². The summed E-state index contributed by atoms with van der Waals surface area (Å²) in [6.45, 7) is 0.341. The fraction of sp³-hybridized carbons (Fsp3) is 0.750. The standard InChI is InChI=1S/C8H11ClF3N3OS/c1-16-4-5(2-3-9)13-7-14-6(15-17-7)8(10,11)12/h5H,2-4H2,1H3,(H,13,14,15). The molecule has 0 aliphatic rings. The molecule has 9 heteroatoms. The number of hydrogen-bond donors (Lipinski definition) is 1. The second kappa shape index (κ2) is 6.36. The summed E-state index contributed by atoms with van der Waals surface area (Å²) >= 11 is 6.23. The summed E-state index contributed by atoms with van der Waals surface area (Å²) in [6.07, 6.45) is -3.95. The Morgan fingerprint density at radius 2 is 2.24 bits per heavy atom. The number of anilines is 1. The number of nitrogens with zero attached hydrogens (tertiary/aromatic N) is 2. The van der Waals surface area contributed by atoms with Crippen molar-refractivity contribution in [1.29, 1.82) is 0 Å². The average Bonchev–Trinajstić information content (AvgIpc) is 2.66. The van der Waals surface area contributed by atoms with E-state index in [-0.39, 0.29) is 11.2 Å². The summed E-state index contributed by atoms with van der Waals surface area (Å²) in [5.41, 5.74) is 0. The molecule has 0 aliphatic carbocycles. The van der Waals surface area contributed by atoms with Gasteiger partial charge >= 0.3 is 6.18 Å². The molecule has 1 aromatic heterocycles. The van der Waals surface area contributed by atoms with E-state index in [9.17, 15) is 13.2 Å². The van der Waals surface area contributed by atoms with E-state index in [0.717, 1.165) is 0 Å². The molecule has 0 saturated carbocycles. The Kier molecular flexibility index (Phi) is 5.41. The monoisotopic (exact) mass is 289 g/mol. The lowest BCUT2D eigenvalue weighted by Crippen LogP contribution is -2.25. The summed E-state index contributed by atoms with van der Waals surface area (Å²) < 4.78 is 44.9. The van der Waals surface area contributed by atoms with E-state index in [1.165, 1.54) is 7.11 Å². The van der Waals surface area contributed by atoms with E-state index in [1.54, 1.807) is 0 Å². The van der Waals surface area contributed by atoms with Gasteiger partial charge in [-0.05, 0) is 6.42 Å². The molecular formula is C8H11ClF3N3OS. The summed E-state index contributed by atoms with van der Waals surface area (Å²) in [6, 6.07) is -0.175. The third-order valence-electron chi connectivity index (χ3n) is 1.83. The first-order chi connectivity index (χ1) is 7.97. The molecule has 1 heterocycles. The van der Waals surface area contributed by atoms with Gasteiger partial charge in [-0.2, -0.15) is 22.5 Å². The lowest BCUT2D eigenvalue weighted by molar-refractivity contribution is -0.144. The van der Waals surface area contributed by atoms with Crippen molar-refractivity contribution in [3.63, 3.8) is 0 Å². The molecule has 0 aliphatic heterocycles. The van der Waals surface area contributed by atoms with Gasteiger partial charge in [0.2, 0.25) is 11.0 Å². The van der Waals surface area contributed by atoms with Crippen LogP contribution in [0.15, 0.2) is 0 Å². The van der Waals surface area contributed by atoms with E-state index in [1.807, 2.05) is 0 Å². The van der Waals surface area contributed by atoms with E-state index in [2.05, 4.69) is 14.7 Å². The molecular weight excluding hydrogens is 279 g/mol. The Morgan fingerprint density at radius 3 is 2.71 bits per heavy atom. The predicted octanol–water partition coefficient (Wildman–Crippen LogP) is 2.61. The lowest BCUT2D eigenvalue weighted by Gasteiger charge is -2.15. The summed E-state index contributed by atoms with van der Waals surface area (Å²) in [4.78, 5) is 3.36. The number of hydrogen-bond acceptors (Lipinski definition) is 5. The highest BCUT2D eigenvalue weighted by molar-refractivity contribution is 7.09. The SMILES string of the molecule is COCC(CCCl)Nc1nc(C(F)(F)F)ns1. The molecule has 0 spiro atoms. The van der Waals surface area contributed by atoms with Crippen molar-refractivity contribution in [3.8, 4) is 0 Å². The molecule has 98 valence electrons. The molecule has 0 fully saturated rings. The van der Waals surface area contributed by atoms with Crippen molar-refractivity contribution in [1.82, 2.24) is 9.36 Å². The first kappa shape index (κ1) is 14.5. The predicted molar refractivity (Wildman–Crippen MR) is 59.5 cm³/mol. The Morgan fingerprint density at radius 1 is 1.53 bits per heavy atom. The number of nitrogens with one attached hydrogen (secondary N) is 1. The van der Waals surface area contributed by atoms with Gasteiger partial charge in [0.05, 0.1) is 12.6 Å². The van der Waals surface area contributed by atoms with E-state index < -0.39 is 12.0 Å². The van der Waals surface area contributed by atoms with Crippen molar-refractivity contribution >= 4 is 28.3 Å². The van der Waals surface area contributed by atoms with E-state index >= 15 is 0 Å². The number of aromatic nitrogens is 2. The van der Waals surface area contributed by atoms with Crippen molar-refractivity contribution in [2.75, 3.05) is 24.9 Å². The third kappa shape index (κ3) is 4.64. The minimum absolute atomic E-state index is 0.115. The number of ether oxygens (including phenoxy) is 1. The summed E-state index contributed by atoms with van der Waals surface area (Å²) in [5, 5.41) is 2.92. The number of rotatable bonds is 6. The fourth-order valence-corrected chi connectivity index (χ4v) is 2.03. The maximum Gasteiger partial charge on any atom is 0.452 e. The Bertz CT molecular complexity index is 341. The van der Waals surface area contributed by atoms with Crippen LogP contribution in [0.2, 0.25) is 0 Å². The van der Waals surface area contributed by atoms with Crippen LogP contribution in [-0.2, 0) is 10.9 Å². The fourth-order valence-electron chi connectivity index (χ4n) is 1.10. The average molecular weight is 290 g/mol. The van der Waals surface area contributed by atoms with Gasteiger partial charge in [-0.25, -0.2) is 0 Å². The second-order valence-electron chi connectivity index (χ2n) is 3.20. The summed E-state index contributed by atoms with van der Waals surface area (Å²) in [7, 11) is 1.50. The smallest absolute Gasteiger partial charge is 0.383 e. The van der Waals surface area contributed by atoms with E-state index in [0.29, 0.717) is 30.4 Å². The largest absolute Gasteiger partial charge is 0.452 e. The number of methoxy groups -OCH3 is 1. The van der Waals surface area contributed by atoms with Gasteiger partial charge in [-0.15, -0.1) is 11.6 Å². The van der Waals surface area contributed by atoms with Crippen molar-refractivity contribution in [3.05, 3.63) is 5.82 Å². The molecule has 1 unspecified atom stereocenters. The molecule has 17 heavy (non-hydrogen) atoms. The van der Waals surface area contributed by atoms with Gasteiger partial charge in [-0.3, -0.25) is 0 Å². The molecule has 0 aromatic carbocycles. The lowest BCUT2D eigenvalue weighted by atomic mass is 10.2. The molecule has 0 radical (unpaired) electrons. The molecule has 0 amide bonds. The minimum atomic E-state index is -4.51. The minimum Gasteiger partial charge on any atom is -0.383 e. The highest BCUT2D eigenvalue weighted by Crippen LogP contribution is 2.29. The Hall–Kier alpha value is -0.600. The maximum absolute atomic E-state index is 12.2. The van der Waals surface area contributed by atoms with Gasteiger partial charge in [-0.1, -0.05) is 0 Å². The van der Waals surface area contributed by atoms with Crippen LogP contribution < -0.4 is 5.32 Å². The molecule has 1 aromatic rings. The number of alkyl halides is 4. The zero-order chi connectivity index (χ0) is 12.9. The van der Waals surface area contributed by atoms with Gasteiger partial charge < -0.3 is 10.1 Å². The topological polar surface area (TPSA) is 47.0 Å². The normalized spacial score (nSPS) is 13.7. The first-order valence-corrected chi connectivity index (χ1v) is 6.00. The van der Waals surface area contributed by atoms with Crippen LogP contribution in [0.25, 0.3) is 0 Å². The molecule has 1 N–H and O–H groups in total. The molecule has 4 nitrogen and oxygen atoms in total. The van der Waals surface area contributed by atoms with Crippen LogP contribution in [0, 0.1) is 0 Å². The maximum atomic E-state index is 12.2. The van der Waals surface area contributed by atoms with Crippen LogP contribution in [0.3, 0.4) is 0 Å². The van der Waals surface area contributed by atoms with Crippen LogP contribution >= 0.6 is 23.1 Å². The second-order valence-corrected chi connectivity index (χ2v) is 4.32. The number of halogens is 4. The highest BCUT2D eigenvalue weighted by atomic mass is 35.5. The molecule has 1 rings (SSSR count). The Labute approximate surface area is 105 Å². The Balaban J connectivity index is 2.63. The zero-order valence-corrected chi connectivity index (χ0v) is 10.5.